The van der Waals surface area contributed by atoms with E-state index in [-0.39, 0.29) is 6.04 Å². The van der Waals surface area contributed by atoms with Crippen LogP contribution in [0.15, 0.2) is 12.4 Å². The molecule has 0 saturated heterocycles. The third kappa shape index (κ3) is 4.19. The molecule has 0 saturated carbocycles. The lowest BCUT2D eigenvalue weighted by Crippen LogP contribution is -2.35. The Balaban J connectivity index is 2.71. The minimum absolute atomic E-state index is 0.267. The first-order chi connectivity index (χ1) is 8.04. The van der Waals surface area contributed by atoms with Crippen LogP contribution in [-0.2, 0) is 0 Å². The molecule has 1 unspecified atom stereocenters. The summed E-state index contributed by atoms with van der Waals surface area (Å²) in [6.07, 6.45) is 1.58. The van der Waals surface area contributed by atoms with Crippen LogP contribution in [0.1, 0.15) is 20.8 Å². The van der Waals surface area contributed by atoms with Gasteiger partial charge in [0.1, 0.15) is 18.0 Å². The van der Waals surface area contributed by atoms with E-state index in [9.17, 15) is 0 Å². The Labute approximate surface area is 103 Å². The van der Waals surface area contributed by atoms with Crippen LogP contribution in [-0.4, -0.2) is 36.1 Å². The molecule has 0 aliphatic rings. The van der Waals surface area contributed by atoms with Gasteiger partial charge in [-0.15, -0.1) is 0 Å². The number of nitrogens with one attached hydrogen (secondary N) is 1. The maximum absolute atomic E-state index is 5.65. The first-order valence-electron chi connectivity index (χ1n) is 6.03. The highest BCUT2D eigenvalue weighted by Gasteiger charge is 2.10. The van der Waals surface area contributed by atoms with E-state index in [0.717, 1.165) is 18.2 Å². The summed E-state index contributed by atoms with van der Waals surface area (Å²) < 4.78 is 0. The van der Waals surface area contributed by atoms with Gasteiger partial charge in [0.25, 0.3) is 0 Å². The molecule has 0 bridgehead atoms. The third-order valence-electron chi connectivity index (χ3n) is 2.71. The lowest BCUT2D eigenvalue weighted by atomic mass is 10.2. The molecule has 1 rings (SSSR count). The number of nitrogens with two attached hydrogens (primary N) is 1. The summed E-state index contributed by atoms with van der Waals surface area (Å²) in [5.41, 5.74) is 5.65. The Morgan fingerprint density at radius 2 is 2.06 bits per heavy atom. The highest BCUT2D eigenvalue weighted by Crippen LogP contribution is 2.14. The normalized spacial score (nSPS) is 12.6. The maximum atomic E-state index is 5.65. The molecule has 1 atom stereocenters. The van der Waals surface area contributed by atoms with Crippen LogP contribution < -0.4 is 16.0 Å². The van der Waals surface area contributed by atoms with E-state index in [4.69, 9.17) is 5.73 Å². The highest BCUT2D eigenvalue weighted by atomic mass is 15.2. The quantitative estimate of drug-likeness (QED) is 0.781. The SMILES string of the molecule is CC(C)CNc1cc(N(C)C(C)CN)ncn1. The lowest BCUT2D eigenvalue weighted by Gasteiger charge is -2.24. The van der Waals surface area contributed by atoms with Gasteiger partial charge < -0.3 is 16.0 Å². The van der Waals surface area contributed by atoms with E-state index >= 15 is 0 Å². The molecule has 3 N–H and O–H groups in total. The average molecular weight is 237 g/mol. The van der Waals surface area contributed by atoms with Gasteiger partial charge in [0, 0.05) is 32.2 Å². The second-order valence-corrected chi connectivity index (χ2v) is 4.73. The van der Waals surface area contributed by atoms with Crippen molar-refractivity contribution >= 4 is 11.6 Å². The van der Waals surface area contributed by atoms with E-state index in [2.05, 4.69) is 41.0 Å². The van der Waals surface area contributed by atoms with Gasteiger partial charge in [-0.3, -0.25) is 0 Å². The zero-order valence-corrected chi connectivity index (χ0v) is 11.1. The minimum atomic E-state index is 0.267. The molecule has 5 nitrogen and oxygen atoms in total. The molecule has 5 heteroatoms. The van der Waals surface area contributed by atoms with Crippen LogP contribution in [0.3, 0.4) is 0 Å². The molecular formula is C12H23N5. The summed E-state index contributed by atoms with van der Waals surface area (Å²) in [5.74, 6) is 2.35. The topological polar surface area (TPSA) is 67.1 Å². The van der Waals surface area contributed by atoms with Gasteiger partial charge in [0.05, 0.1) is 0 Å². The molecule has 0 fully saturated rings. The number of hydrogen-bond donors (Lipinski definition) is 2. The Kier molecular flexibility index (Phi) is 5.15. The molecule has 0 amide bonds. The summed E-state index contributed by atoms with van der Waals surface area (Å²) in [6, 6.07) is 2.22. The number of aromatic nitrogens is 2. The van der Waals surface area contributed by atoms with E-state index in [1.54, 1.807) is 6.33 Å². The predicted octanol–water partition coefficient (Wildman–Crippen LogP) is 1.33. The Hall–Kier alpha value is -1.36. The molecule has 96 valence electrons. The second kappa shape index (κ2) is 6.39. The molecule has 17 heavy (non-hydrogen) atoms. The molecule has 0 radical (unpaired) electrons. The van der Waals surface area contributed by atoms with Crippen molar-refractivity contribution in [1.82, 2.24) is 9.97 Å². The summed E-state index contributed by atoms with van der Waals surface area (Å²) in [7, 11) is 1.99. The van der Waals surface area contributed by atoms with Crippen LogP contribution in [0.5, 0.6) is 0 Å². The van der Waals surface area contributed by atoms with Gasteiger partial charge in [-0.1, -0.05) is 13.8 Å². The highest BCUT2D eigenvalue weighted by molar-refractivity contribution is 5.48. The van der Waals surface area contributed by atoms with Crippen molar-refractivity contribution in [2.45, 2.75) is 26.8 Å². The molecular weight excluding hydrogens is 214 g/mol. The van der Waals surface area contributed by atoms with Gasteiger partial charge in [-0.25, -0.2) is 9.97 Å². The predicted molar refractivity (Wildman–Crippen MR) is 72.3 cm³/mol. The number of rotatable bonds is 6. The third-order valence-corrected chi connectivity index (χ3v) is 2.71. The lowest BCUT2D eigenvalue weighted by molar-refractivity contribution is 0.681. The first-order valence-corrected chi connectivity index (χ1v) is 6.03. The molecule has 0 spiro atoms. The van der Waals surface area contributed by atoms with E-state index in [1.165, 1.54) is 0 Å². The average Bonchev–Trinajstić information content (AvgIpc) is 2.34. The number of nitrogens with zero attached hydrogens (tertiary/aromatic N) is 3. The van der Waals surface area contributed by atoms with Crippen molar-refractivity contribution in [3.8, 4) is 0 Å². The summed E-state index contributed by atoms with van der Waals surface area (Å²) in [6.45, 7) is 7.92. The summed E-state index contributed by atoms with van der Waals surface area (Å²) in [5, 5.41) is 3.29. The van der Waals surface area contributed by atoms with E-state index in [1.807, 2.05) is 13.1 Å². The molecule has 1 heterocycles. The van der Waals surface area contributed by atoms with Crippen LogP contribution in [0.4, 0.5) is 11.6 Å². The molecule has 1 aromatic rings. The van der Waals surface area contributed by atoms with Crippen molar-refractivity contribution in [2.75, 3.05) is 30.4 Å². The number of anilines is 2. The fourth-order valence-electron chi connectivity index (χ4n) is 1.33. The van der Waals surface area contributed by atoms with Gasteiger partial charge in [-0.05, 0) is 12.8 Å². The summed E-state index contributed by atoms with van der Waals surface area (Å²) in [4.78, 5) is 10.5. The van der Waals surface area contributed by atoms with Gasteiger partial charge in [0.15, 0.2) is 0 Å². The van der Waals surface area contributed by atoms with Crippen molar-refractivity contribution in [1.29, 1.82) is 0 Å². The van der Waals surface area contributed by atoms with Gasteiger partial charge >= 0.3 is 0 Å². The zero-order valence-electron chi connectivity index (χ0n) is 11.1. The van der Waals surface area contributed by atoms with Crippen LogP contribution in [0.25, 0.3) is 0 Å². The first kappa shape index (κ1) is 13.7. The fourth-order valence-corrected chi connectivity index (χ4v) is 1.33. The smallest absolute Gasteiger partial charge is 0.134 e. The number of likely N-dealkylation sites (N-methyl/N-ethyl adjacent to an activating group) is 1. The molecule has 1 aromatic heterocycles. The van der Waals surface area contributed by atoms with E-state index < -0.39 is 0 Å². The molecule has 0 aromatic carbocycles. The fraction of sp³-hybridized carbons (Fsp3) is 0.667. The Morgan fingerprint density at radius 3 is 2.65 bits per heavy atom. The second-order valence-electron chi connectivity index (χ2n) is 4.73. The number of hydrogen-bond acceptors (Lipinski definition) is 5. The molecule has 0 aliphatic carbocycles. The van der Waals surface area contributed by atoms with Crippen molar-refractivity contribution in [3.05, 3.63) is 12.4 Å². The van der Waals surface area contributed by atoms with Gasteiger partial charge in [0.2, 0.25) is 0 Å². The van der Waals surface area contributed by atoms with E-state index in [0.29, 0.717) is 12.5 Å². The Bertz CT molecular complexity index is 339. The van der Waals surface area contributed by atoms with Crippen molar-refractivity contribution in [3.63, 3.8) is 0 Å². The largest absolute Gasteiger partial charge is 0.370 e. The van der Waals surface area contributed by atoms with Crippen LogP contribution in [0.2, 0.25) is 0 Å². The van der Waals surface area contributed by atoms with Gasteiger partial charge in [-0.2, -0.15) is 0 Å². The summed E-state index contributed by atoms with van der Waals surface area (Å²) >= 11 is 0. The minimum Gasteiger partial charge on any atom is -0.370 e. The van der Waals surface area contributed by atoms with Crippen molar-refractivity contribution in [2.24, 2.45) is 11.7 Å². The maximum Gasteiger partial charge on any atom is 0.134 e. The Morgan fingerprint density at radius 1 is 1.35 bits per heavy atom. The van der Waals surface area contributed by atoms with Crippen molar-refractivity contribution < 1.29 is 0 Å². The monoisotopic (exact) mass is 237 g/mol. The zero-order chi connectivity index (χ0) is 12.8. The standard InChI is InChI=1S/C12H23N5/c1-9(2)7-14-11-5-12(16-8-15-11)17(4)10(3)6-13/h5,8-10H,6-7,13H2,1-4H3,(H,14,15,16). The van der Waals surface area contributed by atoms with Crippen LogP contribution >= 0.6 is 0 Å². The molecule has 0 aliphatic heterocycles. The van der Waals surface area contributed by atoms with Crippen LogP contribution in [0, 0.1) is 5.92 Å².